The van der Waals surface area contributed by atoms with E-state index in [2.05, 4.69) is 6.08 Å². The topological polar surface area (TPSA) is 26.3 Å². The highest BCUT2D eigenvalue weighted by Crippen LogP contribution is 2.19. The summed E-state index contributed by atoms with van der Waals surface area (Å²) in [6, 6.07) is 0. The molecule has 1 unspecified atom stereocenters. The van der Waals surface area contributed by atoms with Gasteiger partial charge < -0.3 is 4.74 Å². The van der Waals surface area contributed by atoms with Gasteiger partial charge in [-0.2, -0.15) is 0 Å². The second-order valence-electron chi connectivity index (χ2n) is 4.69. The van der Waals surface area contributed by atoms with Crippen LogP contribution in [0.4, 0.5) is 0 Å². The van der Waals surface area contributed by atoms with E-state index in [1.54, 1.807) is 7.11 Å². The number of ether oxygens (including phenoxy) is 1. The number of Topliss-reactive ketones (excluding diaryl/α,β-unsaturated/α-hetero) is 1. The summed E-state index contributed by atoms with van der Waals surface area (Å²) >= 11 is 0. The van der Waals surface area contributed by atoms with E-state index >= 15 is 0 Å². The first-order valence-corrected chi connectivity index (χ1v) is 6.49. The van der Waals surface area contributed by atoms with Gasteiger partial charge in [-0.15, -0.1) is 0 Å². The second kappa shape index (κ2) is 7.61. The molecule has 0 fully saturated rings. The van der Waals surface area contributed by atoms with Crippen LogP contribution >= 0.6 is 0 Å². The summed E-state index contributed by atoms with van der Waals surface area (Å²) < 4.78 is 5.16. The van der Waals surface area contributed by atoms with Crippen molar-refractivity contribution < 1.29 is 9.53 Å². The number of carbonyl (C=O) groups is 1. The monoisotopic (exact) mass is 224 g/mol. The lowest BCUT2D eigenvalue weighted by Gasteiger charge is -2.12. The van der Waals surface area contributed by atoms with E-state index < -0.39 is 0 Å². The van der Waals surface area contributed by atoms with Crippen LogP contribution in [0.25, 0.3) is 0 Å². The largest absolute Gasteiger partial charge is 0.382 e. The van der Waals surface area contributed by atoms with Gasteiger partial charge in [-0.05, 0) is 44.6 Å². The van der Waals surface area contributed by atoms with Crippen molar-refractivity contribution in [2.24, 2.45) is 0 Å². The number of carbonyl (C=O) groups excluding carboxylic acids is 1. The number of methoxy groups -OCH3 is 1. The van der Waals surface area contributed by atoms with Crippen LogP contribution in [0.2, 0.25) is 0 Å². The van der Waals surface area contributed by atoms with Crippen molar-refractivity contribution in [3.05, 3.63) is 11.6 Å². The molecule has 0 bridgehead atoms. The Hall–Kier alpha value is -0.630. The maximum Gasteiger partial charge on any atom is 0.158 e. The van der Waals surface area contributed by atoms with Crippen molar-refractivity contribution >= 4 is 5.78 Å². The molecule has 2 nitrogen and oxygen atoms in total. The molecule has 0 spiro atoms. The van der Waals surface area contributed by atoms with Crippen molar-refractivity contribution in [1.82, 2.24) is 0 Å². The van der Waals surface area contributed by atoms with Gasteiger partial charge in [-0.1, -0.05) is 18.9 Å². The fourth-order valence-electron chi connectivity index (χ4n) is 2.06. The zero-order valence-electron chi connectivity index (χ0n) is 10.6. The number of allylic oxidation sites excluding steroid dienone is 2. The van der Waals surface area contributed by atoms with Crippen LogP contribution in [-0.4, -0.2) is 19.0 Å². The predicted octanol–water partition coefficient (Wildman–Crippen LogP) is 3.65. The Morgan fingerprint density at radius 3 is 2.88 bits per heavy atom. The molecule has 0 saturated carbocycles. The van der Waals surface area contributed by atoms with Crippen LogP contribution in [0.1, 0.15) is 58.3 Å². The number of hydrogen-bond acceptors (Lipinski definition) is 2. The molecule has 0 N–H and O–H groups in total. The summed E-state index contributed by atoms with van der Waals surface area (Å²) in [4.78, 5) is 12.0. The van der Waals surface area contributed by atoms with E-state index in [1.165, 1.54) is 25.7 Å². The van der Waals surface area contributed by atoms with Gasteiger partial charge in [0.05, 0.1) is 6.10 Å². The van der Waals surface area contributed by atoms with Crippen molar-refractivity contribution in [3.63, 3.8) is 0 Å². The first kappa shape index (κ1) is 13.4. The van der Waals surface area contributed by atoms with Crippen molar-refractivity contribution in [2.45, 2.75) is 64.4 Å². The summed E-state index contributed by atoms with van der Waals surface area (Å²) in [7, 11) is 1.70. The van der Waals surface area contributed by atoms with Crippen LogP contribution < -0.4 is 0 Å². The van der Waals surface area contributed by atoms with Gasteiger partial charge in [-0.25, -0.2) is 0 Å². The van der Waals surface area contributed by atoms with Gasteiger partial charge in [0.2, 0.25) is 0 Å². The summed E-state index contributed by atoms with van der Waals surface area (Å²) in [5.41, 5.74) is 1.07. The molecule has 0 aromatic heterocycles. The number of hydrogen-bond donors (Lipinski definition) is 0. The molecule has 1 atom stereocenters. The maximum absolute atomic E-state index is 12.0. The minimum atomic E-state index is 0.193. The van der Waals surface area contributed by atoms with Gasteiger partial charge in [0, 0.05) is 13.5 Å². The standard InChI is InChI=1S/C14H24O2/c1-12(16-2)10-11-14(15)13-8-6-4-3-5-7-9-13/h8,12H,3-7,9-11H2,1-2H3. The Bertz CT molecular complexity index is 243. The SMILES string of the molecule is COC(C)CCC(=O)C1=CCCCCCC1. The molecule has 1 rings (SSSR count). The molecule has 2 heteroatoms. The normalized spacial score (nSPS) is 19.5. The van der Waals surface area contributed by atoms with Crippen LogP contribution in [0.5, 0.6) is 0 Å². The van der Waals surface area contributed by atoms with Crippen molar-refractivity contribution in [1.29, 1.82) is 0 Å². The Morgan fingerprint density at radius 2 is 2.12 bits per heavy atom. The highest BCUT2D eigenvalue weighted by atomic mass is 16.5. The Labute approximate surface area is 99.1 Å². The zero-order chi connectivity index (χ0) is 11.8. The lowest BCUT2D eigenvalue weighted by Crippen LogP contribution is -2.10. The van der Waals surface area contributed by atoms with E-state index in [4.69, 9.17) is 4.74 Å². The minimum absolute atomic E-state index is 0.193. The molecule has 16 heavy (non-hydrogen) atoms. The van der Waals surface area contributed by atoms with Gasteiger partial charge in [0.1, 0.15) is 0 Å². The third-order valence-electron chi connectivity index (χ3n) is 3.33. The minimum Gasteiger partial charge on any atom is -0.382 e. The predicted molar refractivity (Wildman–Crippen MR) is 66.5 cm³/mol. The molecular formula is C14H24O2. The van der Waals surface area contributed by atoms with Crippen LogP contribution in [0.3, 0.4) is 0 Å². The fraction of sp³-hybridized carbons (Fsp3) is 0.786. The second-order valence-corrected chi connectivity index (χ2v) is 4.69. The molecule has 0 aliphatic heterocycles. The molecule has 0 saturated heterocycles. The highest BCUT2D eigenvalue weighted by molar-refractivity contribution is 5.95. The third kappa shape index (κ3) is 4.93. The average Bonchev–Trinajstić information content (AvgIpc) is 2.25. The van der Waals surface area contributed by atoms with Crippen molar-refractivity contribution in [2.75, 3.05) is 7.11 Å². The first-order chi connectivity index (χ1) is 7.74. The van der Waals surface area contributed by atoms with Crippen LogP contribution in [-0.2, 0) is 9.53 Å². The lowest BCUT2D eigenvalue weighted by atomic mass is 9.95. The number of ketones is 1. The molecule has 0 amide bonds. The van der Waals surface area contributed by atoms with Gasteiger partial charge in [0.25, 0.3) is 0 Å². The molecule has 1 aliphatic carbocycles. The first-order valence-electron chi connectivity index (χ1n) is 6.49. The average molecular weight is 224 g/mol. The number of rotatable bonds is 5. The van der Waals surface area contributed by atoms with Crippen LogP contribution in [0.15, 0.2) is 11.6 Å². The third-order valence-corrected chi connectivity index (χ3v) is 3.33. The Morgan fingerprint density at radius 1 is 1.38 bits per heavy atom. The summed E-state index contributed by atoms with van der Waals surface area (Å²) in [6.45, 7) is 2.01. The molecule has 0 radical (unpaired) electrons. The van der Waals surface area contributed by atoms with Gasteiger partial charge in [0.15, 0.2) is 5.78 Å². The summed E-state index contributed by atoms with van der Waals surface area (Å²) in [6.07, 6.45) is 10.9. The highest BCUT2D eigenvalue weighted by Gasteiger charge is 2.12. The van der Waals surface area contributed by atoms with Gasteiger partial charge in [-0.3, -0.25) is 4.79 Å². The summed E-state index contributed by atoms with van der Waals surface area (Å²) in [5, 5.41) is 0. The molecule has 1 aliphatic rings. The molecule has 92 valence electrons. The van der Waals surface area contributed by atoms with E-state index in [0.29, 0.717) is 12.2 Å². The maximum atomic E-state index is 12.0. The van der Waals surface area contributed by atoms with Crippen LogP contribution in [0, 0.1) is 0 Å². The quantitative estimate of drug-likeness (QED) is 0.712. The van der Waals surface area contributed by atoms with E-state index in [1.807, 2.05) is 6.92 Å². The molecule has 0 heterocycles. The Kier molecular flexibility index (Phi) is 6.39. The Balaban J connectivity index is 2.38. The van der Waals surface area contributed by atoms with Gasteiger partial charge >= 0.3 is 0 Å². The van der Waals surface area contributed by atoms with Crippen molar-refractivity contribution in [3.8, 4) is 0 Å². The molecule has 0 aromatic carbocycles. The molecular weight excluding hydrogens is 200 g/mol. The van der Waals surface area contributed by atoms with E-state index in [0.717, 1.165) is 24.8 Å². The smallest absolute Gasteiger partial charge is 0.158 e. The van der Waals surface area contributed by atoms with E-state index in [9.17, 15) is 4.79 Å². The fourth-order valence-corrected chi connectivity index (χ4v) is 2.06. The zero-order valence-corrected chi connectivity index (χ0v) is 10.6. The summed E-state index contributed by atoms with van der Waals surface area (Å²) in [5.74, 6) is 0.339. The lowest BCUT2D eigenvalue weighted by molar-refractivity contribution is -0.116. The van der Waals surface area contributed by atoms with E-state index in [-0.39, 0.29) is 6.10 Å². The molecule has 0 aromatic rings.